The third-order valence-electron chi connectivity index (χ3n) is 4.81. The summed E-state index contributed by atoms with van der Waals surface area (Å²) in [5.41, 5.74) is 2.39. The molecule has 0 atom stereocenters. The fourth-order valence-corrected chi connectivity index (χ4v) is 3.58. The zero-order chi connectivity index (χ0) is 21.1. The first-order chi connectivity index (χ1) is 14.6. The summed E-state index contributed by atoms with van der Waals surface area (Å²) in [4.78, 5) is 28.9. The minimum Gasteiger partial charge on any atom is -0.497 e. The van der Waals surface area contributed by atoms with Crippen LogP contribution in [0.2, 0.25) is 5.02 Å². The number of nitrogens with one attached hydrogen (secondary N) is 1. The van der Waals surface area contributed by atoms with E-state index < -0.39 is 5.56 Å². The first kappa shape index (κ1) is 19.7. The molecule has 1 N–H and O–H groups in total. The van der Waals surface area contributed by atoms with Crippen LogP contribution in [0.15, 0.2) is 83.7 Å². The number of ketones is 1. The Labute approximate surface area is 178 Å². The lowest BCUT2D eigenvalue weighted by Gasteiger charge is -2.11. The Balaban J connectivity index is 1.89. The number of carbonyl (C=O) groups excluding carboxylic acids is 1. The van der Waals surface area contributed by atoms with Crippen LogP contribution < -0.4 is 10.3 Å². The third-order valence-corrected chi connectivity index (χ3v) is 5.04. The van der Waals surface area contributed by atoms with Gasteiger partial charge in [-0.3, -0.25) is 9.59 Å². The molecule has 4 nitrogen and oxygen atoms in total. The van der Waals surface area contributed by atoms with Crippen molar-refractivity contribution in [1.82, 2.24) is 4.98 Å². The molecule has 1 aromatic heterocycles. The molecule has 0 fully saturated rings. The van der Waals surface area contributed by atoms with Crippen molar-refractivity contribution in [2.45, 2.75) is 0 Å². The lowest BCUT2D eigenvalue weighted by Crippen LogP contribution is -2.18. The summed E-state index contributed by atoms with van der Waals surface area (Å²) < 4.78 is 5.22. The fraction of sp³-hybridized carbons (Fsp3) is 0.0400. The average Bonchev–Trinajstić information content (AvgIpc) is 2.77. The van der Waals surface area contributed by atoms with Gasteiger partial charge in [0, 0.05) is 21.5 Å². The molecule has 0 radical (unpaired) electrons. The molecule has 0 amide bonds. The average molecular weight is 416 g/mol. The number of carbonyl (C=O) groups is 1. The number of aromatic nitrogens is 1. The molecule has 5 heteroatoms. The second-order valence-corrected chi connectivity index (χ2v) is 7.17. The van der Waals surface area contributed by atoms with Crippen molar-refractivity contribution in [1.29, 1.82) is 0 Å². The predicted octanol–water partition coefficient (Wildman–Crippen LogP) is 5.75. The number of ether oxygens (including phenoxy) is 1. The first-order valence-corrected chi connectivity index (χ1v) is 9.72. The SMILES string of the molecule is COc1cccc(/C=C/C(=O)c2c(-c3ccccc3)c3cc(Cl)ccc3[nH]c2=O)c1. The molecule has 0 unspecified atom stereocenters. The zero-order valence-electron chi connectivity index (χ0n) is 16.2. The Kier molecular flexibility index (Phi) is 5.50. The maximum absolute atomic E-state index is 13.1. The van der Waals surface area contributed by atoms with Gasteiger partial charge in [0.05, 0.1) is 12.7 Å². The predicted molar refractivity (Wildman–Crippen MR) is 121 cm³/mol. The van der Waals surface area contributed by atoms with Crippen molar-refractivity contribution in [3.8, 4) is 16.9 Å². The molecular formula is C25H18ClNO3. The molecule has 30 heavy (non-hydrogen) atoms. The van der Waals surface area contributed by atoms with Gasteiger partial charge in [0.2, 0.25) is 0 Å². The van der Waals surface area contributed by atoms with Gasteiger partial charge < -0.3 is 9.72 Å². The molecule has 4 aromatic rings. The minimum absolute atomic E-state index is 0.0788. The van der Waals surface area contributed by atoms with E-state index in [9.17, 15) is 9.59 Å². The van der Waals surface area contributed by atoms with E-state index in [0.29, 0.717) is 27.2 Å². The van der Waals surface area contributed by atoms with Crippen molar-refractivity contribution >= 4 is 34.4 Å². The molecule has 3 aromatic carbocycles. The summed E-state index contributed by atoms with van der Waals surface area (Å²) >= 11 is 6.22. The number of hydrogen-bond acceptors (Lipinski definition) is 3. The van der Waals surface area contributed by atoms with Crippen molar-refractivity contribution in [3.63, 3.8) is 0 Å². The van der Waals surface area contributed by atoms with E-state index >= 15 is 0 Å². The molecule has 0 saturated carbocycles. The quantitative estimate of drug-likeness (QED) is 0.333. The number of aromatic amines is 1. The van der Waals surface area contributed by atoms with Gasteiger partial charge in [-0.25, -0.2) is 0 Å². The minimum atomic E-state index is -0.441. The molecule has 0 aliphatic rings. The lowest BCUT2D eigenvalue weighted by atomic mass is 9.94. The van der Waals surface area contributed by atoms with Gasteiger partial charge >= 0.3 is 0 Å². The van der Waals surface area contributed by atoms with Crippen LogP contribution in [0.5, 0.6) is 5.75 Å². The van der Waals surface area contributed by atoms with Gasteiger partial charge in [-0.1, -0.05) is 60.1 Å². The van der Waals surface area contributed by atoms with Crippen molar-refractivity contribution < 1.29 is 9.53 Å². The van der Waals surface area contributed by atoms with E-state index in [2.05, 4.69) is 4.98 Å². The Hall–Kier alpha value is -3.63. The fourth-order valence-electron chi connectivity index (χ4n) is 3.41. The number of allylic oxidation sites excluding steroid dienone is 1. The van der Waals surface area contributed by atoms with Crippen molar-refractivity contribution in [2.24, 2.45) is 0 Å². The largest absolute Gasteiger partial charge is 0.497 e. The maximum Gasteiger partial charge on any atom is 0.260 e. The highest BCUT2D eigenvalue weighted by molar-refractivity contribution is 6.31. The highest BCUT2D eigenvalue weighted by Gasteiger charge is 2.19. The Morgan fingerprint density at radius 2 is 1.80 bits per heavy atom. The number of pyridine rings is 1. The molecular weight excluding hydrogens is 398 g/mol. The van der Waals surface area contributed by atoms with Crippen molar-refractivity contribution in [2.75, 3.05) is 7.11 Å². The Bertz CT molecular complexity index is 1320. The van der Waals surface area contributed by atoms with Crippen LogP contribution in [0.3, 0.4) is 0 Å². The highest BCUT2D eigenvalue weighted by atomic mass is 35.5. The normalized spacial score (nSPS) is 11.1. The molecule has 0 spiro atoms. The molecule has 0 aliphatic carbocycles. The van der Waals surface area contributed by atoms with E-state index in [0.717, 1.165) is 11.1 Å². The second-order valence-electron chi connectivity index (χ2n) is 6.73. The molecule has 148 valence electrons. The van der Waals surface area contributed by atoms with Gasteiger partial charge in [-0.15, -0.1) is 0 Å². The summed E-state index contributed by atoms with van der Waals surface area (Å²) in [7, 11) is 1.58. The van der Waals surface area contributed by atoms with E-state index in [1.807, 2.05) is 54.6 Å². The van der Waals surface area contributed by atoms with E-state index in [-0.39, 0.29) is 11.3 Å². The third kappa shape index (κ3) is 3.91. The van der Waals surface area contributed by atoms with Gasteiger partial charge in [-0.05, 0) is 47.5 Å². The second kappa shape index (κ2) is 8.39. The van der Waals surface area contributed by atoms with E-state index in [1.54, 1.807) is 31.4 Å². The summed E-state index contributed by atoms with van der Waals surface area (Å²) in [5, 5.41) is 1.24. The standard InChI is InChI=1S/C25H18ClNO3/c1-30-19-9-5-6-16(14-19)10-13-22(28)24-23(17-7-3-2-4-8-17)20-15-18(26)11-12-21(20)27-25(24)29/h2-15H,1H3,(H,27,29)/b13-10+. The van der Waals surface area contributed by atoms with Crippen LogP contribution in [-0.4, -0.2) is 17.9 Å². The summed E-state index contributed by atoms with van der Waals surface area (Å²) in [6.45, 7) is 0. The van der Waals surface area contributed by atoms with Gasteiger partial charge in [0.1, 0.15) is 5.75 Å². The van der Waals surface area contributed by atoms with E-state index in [1.165, 1.54) is 6.08 Å². The van der Waals surface area contributed by atoms with Crippen LogP contribution in [0, 0.1) is 0 Å². The summed E-state index contributed by atoms with van der Waals surface area (Å²) in [6, 6.07) is 21.9. The highest BCUT2D eigenvalue weighted by Crippen LogP contribution is 2.31. The van der Waals surface area contributed by atoms with Gasteiger partial charge in [0.25, 0.3) is 5.56 Å². The summed E-state index contributed by atoms with van der Waals surface area (Å²) in [5.74, 6) is 0.299. The smallest absolute Gasteiger partial charge is 0.260 e. The number of hydrogen-bond donors (Lipinski definition) is 1. The monoisotopic (exact) mass is 415 g/mol. The van der Waals surface area contributed by atoms with Crippen LogP contribution in [0.25, 0.3) is 28.1 Å². The number of fused-ring (bicyclic) bond motifs is 1. The number of halogens is 1. The van der Waals surface area contributed by atoms with Crippen LogP contribution in [0.1, 0.15) is 15.9 Å². The maximum atomic E-state index is 13.1. The Morgan fingerprint density at radius 1 is 1.00 bits per heavy atom. The topological polar surface area (TPSA) is 59.2 Å². The molecule has 0 bridgehead atoms. The number of benzene rings is 3. The number of methoxy groups -OCH3 is 1. The van der Waals surface area contributed by atoms with Crippen LogP contribution >= 0.6 is 11.6 Å². The Morgan fingerprint density at radius 3 is 2.57 bits per heavy atom. The van der Waals surface area contributed by atoms with E-state index in [4.69, 9.17) is 16.3 Å². The van der Waals surface area contributed by atoms with Gasteiger partial charge in [0.15, 0.2) is 5.78 Å². The molecule has 1 heterocycles. The van der Waals surface area contributed by atoms with Crippen LogP contribution in [0.4, 0.5) is 0 Å². The molecule has 0 aliphatic heterocycles. The van der Waals surface area contributed by atoms with Crippen LogP contribution in [-0.2, 0) is 0 Å². The lowest BCUT2D eigenvalue weighted by molar-refractivity contribution is 0.104. The summed E-state index contributed by atoms with van der Waals surface area (Å²) in [6.07, 6.45) is 3.07. The molecule has 0 saturated heterocycles. The van der Waals surface area contributed by atoms with Crippen molar-refractivity contribution in [3.05, 3.63) is 105 Å². The first-order valence-electron chi connectivity index (χ1n) is 9.34. The zero-order valence-corrected chi connectivity index (χ0v) is 16.9. The number of H-pyrrole nitrogens is 1. The van der Waals surface area contributed by atoms with Gasteiger partial charge in [-0.2, -0.15) is 0 Å². The number of rotatable bonds is 5. The molecule has 4 rings (SSSR count).